The molecule has 3 aromatic rings. The van der Waals surface area contributed by atoms with Crippen LogP contribution in [0.1, 0.15) is 0 Å². The molecule has 0 saturated carbocycles. The number of nitrogen functional groups attached to an aromatic ring is 1. The van der Waals surface area contributed by atoms with E-state index in [4.69, 9.17) is 15.2 Å². The van der Waals surface area contributed by atoms with Gasteiger partial charge in [0.1, 0.15) is 17.1 Å². The molecule has 1 aromatic carbocycles. The van der Waals surface area contributed by atoms with Gasteiger partial charge in [-0.25, -0.2) is 0 Å². The van der Waals surface area contributed by atoms with Crippen molar-refractivity contribution < 1.29 is 9.47 Å². The van der Waals surface area contributed by atoms with Crippen molar-refractivity contribution in [3.63, 3.8) is 0 Å². The zero-order valence-corrected chi connectivity index (χ0v) is 11.2. The van der Waals surface area contributed by atoms with Crippen molar-refractivity contribution >= 4 is 11.3 Å². The van der Waals surface area contributed by atoms with Gasteiger partial charge in [0.2, 0.25) is 0 Å². The van der Waals surface area contributed by atoms with Crippen LogP contribution in [0.2, 0.25) is 0 Å². The van der Waals surface area contributed by atoms with E-state index in [0.717, 1.165) is 5.56 Å². The number of fused-ring (bicyclic) bond motifs is 1. The number of methoxy groups -OCH3 is 2. The SMILES string of the molecule is COc1cccc(OC)c1-c1nnc2c(N)cccn12. The van der Waals surface area contributed by atoms with Crippen LogP contribution in [-0.2, 0) is 0 Å². The highest BCUT2D eigenvalue weighted by atomic mass is 16.5. The van der Waals surface area contributed by atoms with Crippen LogP contribution >= 0.6 is 0 Å². The van der Waals surface area contributed by atoms with Gasteiger partial charge in [0, 0.05) is 6.20 Å². The fourth-order valence-electron chi connectivity index (χ4n) is 2.18. The van der Waals surface area contributed by atoms with Gasteiger partial charge < -0.3 is 15.2 Å². The Labute approximate surface area is 115 Å². The van der Waals surface area contributed by atoms with E-state index in [2.05, 4.69) is 10.2 Å². The highest BCUT2D eigenvalue weighted by molar-refractivity contribution is 5.76. The molecule has 0 spiro atoms. The molecular formula is C14H14N4O2. The normalized spacial score (nSPS) is 10.7. The third-order valence-electron chi connectivity index (χ3n) is 3.12. The van der Waals surface area contributed by atoms with Crippen LogP contribution in [0, 0.1) is 0 Å². The molecule has 2 N–H and O–H groups in total. The predicted octanol–water partition coefficient (Wildman–Crippen LogP) is 2.00. The Morgan fingerprint density at radius 1 is 1.00 bits per heavy atom. The third-order valence-corrected chi connectivity index (χ3v) is 3.12. The van der Waals surface area contributed by atoms with Gasteiger partial charge >= 0.3 is 0 Å². The molecule has 0 aliphatic rings. The number of nitrogens with zero attached hydrogens (tertiary/aromatic N) is 3. The number of aromatic nitrogens is 3. The molecule has 0 bridgehead atoms. The first kappa shape index (κ1) is 12.3. The van der Waals surface area contributed by atoms with E-state index >= 15 is 0 Å². The molecule has 6 heteroatoms. The van der Waals surface area contributed by atoms with Crippen LogP contribution in [0.5, 0.6) is 11.5 Å². The number of anilines is 1. The summed E-state index contributed by atoms with van der Waals surface area (Å²) < 4.78 is 12.6. The predicted molar refractivity (Wildman–Crippen MR) is 75.9 cm³/mol. The summed E-state index contributed by atoms with van der Waals surface area (Å²) in [5.74, 6) is 1.96. The highest BCUT2D eigenvalue weighted by Gasteiger charge is 2.18. The number of nitrogens with two attached hydrogens (primary N) is 1. The lowest BCUT2D eigenvalue weighted by atomic mass is 10.1. The Kier molecular flexibility index (Phi) is 2.90. The van der Waals surface area contributed by atoms with Crippen LogP contribution in [0.25, 0.3) is 17.0 Å². The van der Waals surface area contributed by atoms with Crippen molar-refractivity contribution in [3.8, 4) is 22.9 Å². The zero-order valence-electron chi connectivity index (χ0n) is 11.2. The van der Waals surface area contributed by atoms with Crippen molar-refractivity contribution in [3.05, 3.63) is 36.5 Å². The molecule has 102 valence electrons. The number of hydrogen-bond acceptors (Lipinski definition) is 5. The Balaban J connectivity index is 2.34. The van der Waals surface area contributed by atoms with E-state index in [1.54, 1.807) is 20.3 Å². The molecule has 0 aliphatic carbocycles. The van der Waals surface area contributed by atoms with E-state index in [1.165, 1.54) is 0 Å². The fourth-order valence-corrected chi connectivity index (χ4v) is 2.18. The Bertz CT molecular complexity index is 745. The summed E-state index contributed by atoms with van der Waals surface area (Å²) in [6.45, 7) is 0. The van der Waals surface area contributed by atoms with Gasteiger partial charge in [-0.3, -0.25) is 4.40 Å². The molecule has 2 heterocycles. The van der Waals surface area contributed by atoms with E-state index in [-0.39, 0.29) is 0 Å². The first-order valence-corrected chi connectivity index (χ1v) is 6.07. The van der Waals surface area contributed by atoms with Gasteiger partial charge in [0.15, 0.2) is 11.5 Å². The summed E-state index contributed by atoms with van der Waals surface area (Å²) in [5.41, 5.74) is 7.83. The molecule has 0 aliphatic heterocycles. The maximum Gasteiger partial charge on any atom is 0.184 e. The molecule has 0 atom stereocenters. The van der Waals surface area contributed by atoms with Gasteiger partial charge in [0.25, 0.3) is 0 Å². The monoisotopic (exact) mass is 270 g/mol. The summed E-state index contributed by atoms with van der Waals surface area (Å²) in [7, 11) is 3.21. The van der Waals surface area contributed by atoms with Crippen molar-refractivity contribution in [1.82, 2.24) is 14.6 Å². The number of hydrogen-bond donors (Lipinski definition) is 1. The average Bonchev–Trinajstić information content (AvgIpc) is 2.91. The minimum atomic E-state index is 0.570. The van der Waals surface area contributed by atoms with Crippen LogP contribution in [0.4, 0.5) is 5.69 Å². The van der Waals surface area contributed by atoms with Crippen molar-refractivity contribution in [2.75, 3.05) is 20.0 Å². The fraction of sp³-hybridized carbons (Fsp3) is 0.143. The second-order valence-electron chi connectivity index (χ2n) is 4.22. The number of rotatable bonds is 3. The van der Waals surface area contributed by atoms with E-state index in [9.17, 15) is 0 Å². The minimum Gasteiger partial charge on any atom is -0.496 e. The Hall–Kier alpha value is -2.76. The summed E-state index contributed by atoms with van der Waals surface area (Å²) in [6.07, 6.45) is 1.85. The van der Waals surface area contributed by atoms with Gasteiger partial charge in [-0.1, -0.05) is 6.07 Å². The van der Waals surface area contributed by atoms with Gasteiger partial charge in [0.05, 0.1) is 19.9 Å². The Morgan fingerprint density at radius 2 is 1.70 bits per heavy atom. The maximum atomic E-state index is 5.90. The number of benzene rings is 1. The molecule has 2 aromatic heterocycles. The molecule has 0 radical (unpaired) electrons. The quantitative estimate of drug-likeness (QED) is 0.787. The van der Waals surface area contributed by atoms with Crippen molar-refractivity contribution in [1.29, 1.82) is 0 Å². The highest BCUT2D eigenvalue weighted by Crippen LogP contribution is 2.37. The van der Waals surface area contributed by atoms with Gasteiger partial charge in [-0.2, -0.15) is 0 Å². The van der Waals surface area contributed by atoms with Crippen LogP contribution in [-0.4, -0.2) is 28.8 Å². The molecule has 20 heavy (non-hydrogen) atoms. The average molecular weight is 270 g/mol. The first-order valence-electron chi connectivity index (χ1n) is 6.07. The van der Waals surface area contributed by atoms with Crippen molar-refractivity contribution in [2.45, 2.75) is 0 Å². The molecular weight excluding hydrogens is 256 g/mol. The topological polar surface area (TPSA) is 74.7 Å². The molecule has 3 rings (SSSR count). The summed E-state index contributed by atoms with van der Waals surface area (Å²) in [6, 6.07) is 9.19. The maximum absolute atomic E-state index is 5.90. The summed E-state index contributed by atoms with van der Waals surface area (Å²) >= 11 is 0. The van der Waals surface area contributed by atoms with Crippen LogP contribution in [0.3, 0.4) is 0 Å². The largest absolute Gasteiger partial charge is 0.496 e. The number of pyridine rings is 1. The van der Waals surface area contributed by atoms with E-state index in [0.29, 0.717) is 28.7 Å². The summed E-state index contributed by atoms with van der Waals surface area (Å²) in [4.78, 5) is 0. The molecule has 0 fully saturated rings. The van der Waals surface area contributed by atoms with Crippen molar-refractivity contribution in [2.24, 2.45) is 0 Å². The number of ether oxygens (including phenoxy) is 2. The standard InChI is InChI=1S/C14H14N4O2/c1-19-10-6-3-7-11(20-2)12(10)14-17-16-13-9(15)5-4-8-18(13)14/h3-8H,15H2,1-2H3. The lowest BCUT2D eigenvalue weighted by molar-refractivity contribution is 0.396. The molecule has 0 unspecified atom stereocenters. The Morgan fingerprint density at radius 3 is 2.35 bits per heavy atom. The second kappa shape index (κ2) is 4.73. The van der Waals surface area contributed by atoms with Crippen LogP contribution in [0.15, 0.2) is 36.5 Å². The first-order chi connectivity index (χ1) is 9.76. The lowest BCUT2D eigenvalue weighted by Crippen LogP contribution is -1.97. The van der Waals surface area contributed by atoms with Gasteiger partial charge in [-0.05, 0) is 24.3 Å². The molecule has 0 amide bonds. The minimum absolute atomic E-state index is 0.570. The summed E-state index contributed by atoms with van der Waals surface area (Å²) in [5, 5.41) is 8.34. The zero-order chi connectivity index (χ0) is 14.1. The third kappa shape index (κ3) is 1.73. The lowest BCUT2D eigenvalue weighted by Gasteiger charge is -2.11. The molecule has 0 saturated heterocycles. The smallest absolute Gasteiger partial charge is 0.184 e. The second-order valence-corrected chi connectivity index (χ2v) is 4.22. The van der Waals surface area contributed by atoms with E-state index in [1.807, 2.05) is 34.9 Å². The van der Waals surface area contributed by atoms with E-state index < -0.39 is 0 Å². The molecule has 6 nitrogen and oxygen atoms in total. The van der Waals surface area contributed by atoms with Crippen LogP contribution < -0.4 is 15.2 Å². The van der Waals surface area contributed by atoms with Gasteiger partial charge in [-0.15, -0.1) is 10.2 Å².